The van der Waals surface area contributed by atoms with E-state index in [2.05, 4.69) is 62.7 Å². The van der Waals surface area contributed by atoms with Gasteiger partial charge in [0.25, 0.3) is 0 Å². The lowest BCUT2D eigenvalue weighted by atomic mass is 10.0. The fourth-order valence-corrected chi connectivity index (χ4v) is 7.58. The lowest BCUT2D eigenvalue weighted by Gasteiger charge is -2.44. The van der Waals surface area contributed by atoms with Crippen molar-refractivity contribution in [1.29, 1.82) is 0 Å². The molecule has 2 rings (SSSR count). The topological polar surface area (TPSA) is 3.24 Å². The van der Waals surface area contributed by atoms with E-state index in [4.69, 9.17) is 0 Å². The maximum absolute atomic E-state index is 14.4. The van der Waals surface area contributed by atoms with Crippen molar-refractivity contribution in [2.24, 2.45) is 0 Å². The Balaban J connectivity index is 2.36. The lowest BCUT2D eigenvalue weighted by molar-refractivity contribution is 0.582. The van der Waals surface area contributed by atoms with Crippen LogP contribution in [0.25, 0.3) is 0 Å². The summed E-state index contributed by atoms with van der Waals surface area (Å²) < 4.78 is 29.9. The van der Waals surface area contributed by atoms with Crippen LogP contribution in [0.4, 0.5) is 14.5 Å². The zero-order valence-electron chi connectivity index (χ0n) is 15.9. The molecule has 0 spiro atoms. The molecule has 0 aliphatic heterocycles. The van der Waals surface area contributed by atoms with E-state index < -0.39 is 19.9 Å². The molecular formula is C21H29F2NSi. The molecule has 25 heavy (non-hydrogen) atoms. The summed E-state index contributed by atoms with van der Waals surface area (Å²) in [5, 5.41) is 0. The van der Waals surface area contributed by atoms with E-state index in [1.165, 1.54) is 17.2 Å². The molecule has 1 unspecified atom stereocenters. The number of nitrogens with zero attached hydrogens (tertiary/aromatic N) is 1. The van der Waals surface area contributed by atoms with Crippen molar-refractivity contribution in [3.63, 3.8) is 0 Å². The van der Waals surface area contributed by atoms with Crippen LogP contribution in [-0.4, -0.2) is 14.8 Å². The van der Waals surface area contributed by atoms with Gasteiger partial charge in [-0.25, -0.2) is 8.78 Å². The highest BCUT2D eigenvalue weighted by atomic mass is 28.3. The SMILES string of the molecule is CCC(Cc1ccccc1C)[Si](C)(C)N(CC)c1ccc(F)cc1F. The third-order valence-corrected chi connectivity index (χ3v) is 9.99. The number of aryl methyl sites for hydroxylation is 1. The van der Waals surface area contributed by atoms with Gasteiger partial charge in [-0.15, -0.1) is 0 Å². The van der Waals surface area contributed by atoms with E-state index in [-0.39, 0.29) is 0 Å². The minimum absolute atomic E-state index is 0.465. The predicted octanol–water partition coefficient (Wildman–Crippen LogP) is 6.33. The maximum Gasteiger partial charge on any atom is 0.154 e. The molecule has 0 saturated heterocycles. The number of benzene rings is 2. The van der Waals surface area contributed by atoms with Gasteiger partial charge in [-0.1, -0.05) is 50.7 Å². The lowest BCUT2D eigenvalue weighted by Crippen LogP contribution is -2.53. The quantitative estimate of drug-likeness (QED) is 0.521. The first-order valence-corrected chi connectivity index (χ1v) is 12.1. The Morgan fingerprint density at radius 3 is 2.28 bits per heavy atom. The van der Waals surface area contributed by atoms with E-state index in [0.717, 1.165) is 25.5 Å². The highest BCUT2D eigenvalue weighted by Crippen LogP contribution is 2.36. The molecule has 0 N–H and O–H groups in total. The smallest absolute Gasteiger partial charge is 0.154 e. The number of halogens is 2. The second-order valence-electron chi connectivity index (χ2n) is 7.23. The van der Waals surface area contributed by atoms with Crippen molar-refractivity contribution in [3.8, 4) is 0 Å². The second-order valence-corrected chi connectivity index (χ2v) is 11.9. The minimum Gasteiger partial charge on any atom is -0.395 e. The fraction of sp³-hybridized carbons (Fsp3) is 0.429. The average molecular weight is 362 g/mol. The van der Waals surface area contributed by atoms with Crippen molar-refractivity contribution in [3.05, 3.63) is 65.2 Å². The van der Waals surface area contributed by atoms with Gasteiger partial charge in [-0.05, 0) is 49.1 Å². The van der Waals surface area contributed by atoms with Gasteiger partial charge in [0.1, 0.15) is 11.6 Å². The van der Waals surface area contributed by atoms with Crippen LogP contribution in [-0.2, 0) is 6.42 Å². The molecule has 2 aromatic rings. The summed E-state index contributed by atoms with van der Waals surface area (Å²) >= 11 is 0. The van der Waals surface area contributed by atoms with Gasteiger partial charge in [-0.2, -0.15) is 0 Å². The molecule has 0 aliphatic carbocycles. The second kappa shape index (κ2) is 8.13. The first-order valence-electron chi connectivity index (χ1n) is 9.08. The van der Waals surface area contributed by atoms with E-state index in [9.17, 15) is 8.78 Å². The first kappa shape index (κ1) is 19.6. The summed E-state index contributed by atoms with van der Waals surface area (Å²) in [7, 11) is -1.99. The van der Waals surface area contributed by atoms with Gasteiger partial charge in [0, 0.05) is 12.6 Å². The molecule has 0 aromatic heterocycles. The van der Waals surface area contributed by atoms with Crippen LogP contribution in [0.1, 0.15) is 31.4 Å². The van der Waals surface area contributed by atoms with E-state index in [1.54, 1.807) is 6.07 Å². The highest BCUT2D eigenvalue weighted by molar-refractivity contribution is 6.82. The third kappa shape index (κ3) is 4.29. The Kier molecular flexibility index (Phi) is 6.39. The molecule has 1 nitrogen and oxygen atoms in total. The monoisotopic (exact) mass is 361 g/mol. The van der Waals surface area contributed by atoms with Crippen molar-refractivity contribution in [2.45, 2.75) is 52.2 Å². The normalized spacial score (nSPS) is 12.9. The summed E-state index contributed by atoms with van der Waals surface area (Å²) in [5.74, 6) is -0.989. The molecule has 1 atom stereocenters. The number of hydrogen-bond donors (Lipinski definition) is 0. The van der Waals surface area contributed by atoms with Crippen molar-refractivity contribution in [2.75, 3.05) is 11.1 Å². The van der Waals surface area contributed by atoms with E-state index >= 15 is 0 Å². The highest BCUT2D eigenvalue weighted by Gasteiger charge is 2.38. The number of hydrogen-bond acceptors (Lipinski definition) is 1. The first-order chi connectivity index (χ1) is 11.8. The molecule has 2 aromatic carbocycles. The van der Waals surface area contributed by atoms with Crippen LogP contribution in [0, 0.1) is 18.6 Å². The van der Waals surface area contributed by atoms with Gasteiger partial charge in [-0.3, -0.25) is 0 Å². The Labute approximate surface area is 151 Å². The average Bonchev–Trinajstić information content (AvgIpc) is 2.56. The molecule has 0 radical (unpaired) electrons. The molecule has 0 heterocycles. The van der Waals surface area contributed by atoms with Gasteiger partial charge < -0.3 is 4.57 Å². The van der Waals surface area contributed by atoms with Gasteiger partial charge >= 0.3 is 0 Å². The Morgan fingerprint density at radius 1 is 1.04 bits per heavy atom. The third-order valence-electron chi connectivity index (χ3n) is 5.43. The van der Waals surface area contributed by atoms with Crippen molar-refractivity contribution < 1.29 is 8.78 Å². The van der Waals surface area contributed by atoms with Crippen molar-refractivity contribution in [1.82, 2.24) is 0 Å². The van der Waals surface area contributed by atoms with Gasteiger partial charge in [0.05, 0.1) is 5.69 Å². The standard InChI is InChI=1S/C21H29F2NSi/c1-6-19(14-17-11-9-8-10-16(17)3)25(4,5)24(7-2)21-13-12-18(22)15-20(21)23/h8-13,15,19H,6-7,14H2,1-5H3. The van der Waals surface area contributed by atoms with Gasteiger partial charge in [0.15, 0.2) is 8.24 Å². The maximum atomic E-state index is 14.4. The van der Waals surface area contributed by atoms with Crippen molar-refractivity contribution >= 4 is 13.9 Å². The Hall–Kier alpha value is -1.68. The fourth-order valence-electron chi connectivity index (χ4n) is 3.81. The minimum atomic E-state index is -1.99. The van der Waals surface area contributed by atoms with Crippen LogP contribution >= 0.6 is 0 Å². The van der Waals surface area contributed by atoms with E-state index in [0.29, 0.717) is 11.2 Å². The molecule has 0 amide bonds. The summed E-state index contributed by atoms with van der Waals surface area (Å²) in [4.78, 5) is 0. The molecule has 4 heteroatoms. The molecule has 0 saturated carbocycles. The number of anilines is 1. The molecular weight excluding hydrogens is 332 g/mol. The summed E-state index contributed by atoms with van der Waals surface area (Å²) in [6.45, 7) is 11.7. The van der Waals surface area contributed by atoms with Gasteiger partial charge in [0.2, 0.25) is 0 Å². The number of rotatable bonds is 7. The molecule has 0 aliphatic rings. The molecule has 136 valence electrons. The Bertz CT molecular complexity index is 715. The van der Waals surface area contributed by atoms with Crippen LogP contribution in [0.15, 0.2) is 42.5 Å². The zero-order valence-corrected chi connectivity index (χ0v) is 16.9. The zero-order chi connectivity index (χ0) is 18.6. The van der Waals surface area contributed by atoms with Crippen LogP contribution in [0.3, 0.4) is 0 Å². The molecule has 0 bridgehead atoms. The van der Waals surface area contributed by atoms with Crippen LogP contribution in [0.2, 0.25) is 18.6 Å². The van der Waals surface area contributed by atoms with E-state index in [1.807, 2.05) is 0 Å². The largest absolute Gasteiger partial charge is 0.395 e. The van der Waals surface area contributed by atoms with Crippen LogP contribution < -0.4 is 4.57 Å². The molecule has 0 fully saturated rings. The van der Waals surface area contributed by atoms with Crippen LogP contribution in [0.5, 0.6) is 0 Å². The summed E-state index contributed by atoms with van der Waals surface area (Å²) in [6, 6.07) is 12.4. The predicted molar refractivity (Wildman–Crippen MR) is 106 cm³/mol. The summed E-state index contributed by atoms with van der Waals surface area (Å²) in [6.07, 6.45) is 2.05. The summed E-state index contributed by atoms with van der Waals surface area (Å²) in [5.41, 5.74) is 3.69. The Morgan fingerprint density at radius 2 is 1.72 bits per heavy atom.